The Morgan fingerprint density at radius 1 is 1.00 bits per heavy atom. The molecule has 2 aliphatic heterocycles. The summed E-state index contributed by atoms with van der Waals surface area (Å²) in [6.07, 6.45) is 3.05. The second-order valence-electron chi connectivity index (χ2n) is 7.20. The Morgan fingerprint density at radius 3 is 2.20 bits per heavy atom. The van der Waals surface area contributed by atoms with Crippen LogP contribution in [0.2, 0.25) is 0 Å². The van der Waals surface area contributed by atoms with E-state index in [9.17, 15) is 8.42 Å². The van der Waals surface area contributed by atoms with Gasteiger partial charge in [-0.15, -0.1) is 0 Å². The van der Waals surface area contributed by atoms with Crippen LogP contribution in [0.5, 0.6) is 5.75 Å². The van der Waals surface area contributed by atoms with Gasteiger partial charge in [0, 0.05) is 38.1 Å². The number of hydrogen-bond acceptors (Lipinski definition) is 4. The zero-order valence-electron chi connectivity index (χ0n) is 15.4. The molecule has 0 spiro atoms. The molecular weight excluding hydrogens is 338 g/mol. The molecule has 1 aromatic rings. The summed E-state index contributed by atoms with van der Waals surface area (Å²) >= 11 is 0. The van der Waals surface area contributed by atoms with E-state index in [1.54, 1.807) is 15.7 Å². The molecule has 0 unspecified atom stereocenters. The third-order valence-electron chi connectivity index (χ3n) is 5.43. The summed E-state index contributed by atoms with van der Waals surface area (Å²) in [6, 6.07) is 8.18. The fraction of sp³-hybridized carbons (Fsp3) is 0.667. The zero-order chi connectivity index (χ0) is 18.0. The van der Waals surface area contributed by atoms with E-state index in [0.29, 0.717) is 26.2 Å². The third kappa shape index (κ3) is 3.84. The highest BCUT2D eigenvalue weighted by molar-refractivity contribution is 7.86. The first-order valence-electron chi connectivity index (χ1n) is 8.99. The van der Waals surface area contributed by atoms with Crippen molar-refractivity contribution in [3.05, 3.63) is 29.8 Å². The van der Waals surface area contributed by atoms with E-state index < -0.39 is 10.2 Å². The van der Waals surface area contributed by atoms with Crippen molar-refractivity contribution in [3.8, 4) is 5.75 Å². The number of piperidine rings is 1. The molecule has 0 saturated carbocycles. The number of rotatable bonds is 5. The molecule has 1 aromatic carbocycles. The van der Waals surface area contributed by atoms with Crippen molar-refractivity contribution < 1.29 is 13.2 Å². The Kier molecular flexibility index (Phi) is 5.68. The molecule has 2 atom stereocenters. The first-order chi connectivity index (χ1) is 11.9. The molecule has 25 heavy (non-hydrogen) atoms. The van der Waals surface area contributed by atoms with Crippen LogP contribution in [0.3, 0.4) is 0 Å². The monoisotopic (exact) mass is 367 g/mol. The molecule has 0 radical (unpaired) electrons. The standard InChI is InChI=1S/C18H29N3O3S/c1-19(2)18-14-21(25(22,23)20-11-5-4-6-12-20)13-17(18)15-7-9-16(24-3)10-8-15/h7-10,17-18H,4-6,11-14H2,1-3H3/t17-,18+/m0/s1. The molecule has 0 aliphatic carbocycles. The van der Waals surface area contributed by atoms with Crippen LogP contribution >= 0.6 is 0 Å². The van der Waals surface area contributed by atoms with E-state index in [1.807, 2.05) is 26.2 Å². The Labute approximate surface area is 151 Å². The Bertz CT molecular complexity index is 669. The second-order valence-corrected chi connectivity index (χ2v) is 9.12. The third-order valence-corrected chi connectivity index (χ3v) is 7.40. The fourth-order valence-corrected chi connectivity index (χ4v) is 5.64. The molecule has 140 valence electrons. The summed E-state index contributed by atoms with van der Waals surface area (Å²) in [5, 5.41) is 0. The van der Waals surface area contributed by atoms with Gasteiger partial charge in [0.25, 0.3) is 10.2 Å². The van der Waals surface area contributed by atoms with Crippen LogP contribution in [0.1, 0.15) is 30.7 Å². The van der Waals surface area contributed by atoms with Gasteiger partial charge in [0.15, 0.2) is 0 Å². The van der Waals surface area contributed by atoms with Gasteiger partial charge in [-0.2, -0.15) is 17.0 Å². The summed E-state index contributed by atoms with van der Waals surface area (Å²) in [7, 11) is 2.34. The minimum absolute atomic E-state index is 0.167. The van der Waals surface area contributed by atoms with E-state index in [2.05, 4.69) is 17.0 Å². The Morgan fingerprint density at radius 2 is 1.64 bits per heavy atom. The van der Waals surface area contributed by atoms with Gasteiger partial charge in [-0.3, -0.25) is 0 Å². The van der Waals surface area contributed by atoms with Crippen molar-refractivity contribution in [2.24, 2.45) is 0 Å². The van der Waals surface area contributed by atoms with Crippen LogP contribution in [0.15, 0.2) is 24.3 Å². The summed E-state index contributed by atoms with van der Waals surface area (Å²) < 4.78 is 34.7. The highest BCUT2D eigenvalue weighted by Gasteiger charge is 2.42. The normalized spacial score (nSPS) is 26.2. The largest absolute Gasteiger partial charge is 0.497 e. The lowest BCUT2D eigenvalue weighted by Gasteiger charge is -2.30. The number of nitrogens with zero attached hydrogens (tertiary/aromatic N) is 3. The van der Waals surface area contributed by atoms with E-state index in [4.69, 9.17) is 4.74 Å². The summed E-state index contributed by atoms with van der Waals surface area (Å²) in [4.78, 5) is 2.14. The lowest BCUT2D eigenvalue weighted by atomic mass is 9.94. The number of methoxy groups -OCH3 is 1. The van der Waals surface area contributed by atoms with Crippen LogP contribution < -0.4 is 4.74 Å². The topological polar surface area (TPSA) is 53.1 Å². The first kappa shape index (κ1) is 18.6. The highest BCUT2D eigenvalue weighted by atomic mass is 32.2. The van der Waals surface area contributed by atoms with Crippen molar-refractivity contribution in [3.63, 3.8) is 0 Å². The molecular formula is C18H29N3O3S. The van der Waals surface area contributed by atoms with E-state index in [1.165, 1.54) is 0 Å². The fourth-order valence-electron chi connectivity index (χ4n) is 3.90. The number of benzene rings is 1. The number of likely N-dealkylation sites (N-methyl/N-ethyl adjacent to an activating group) is 1. The number of hydrogen-bond donors (Lipinski definition) is 0. The second kappa shape index (κ2) is 7.61. The van der Waals surface area contributed by atoms with Crippen LogP contribution in [0.25, 0.3) is 0 Å². The van der Waals surface area contributed by atoms with Gasteiger partial charge in [0.05, 0.1) is 7.11 Å². The van der Waals surface area contributed by atoms with Gasteiger partial charge in [-0.1, -0.05) is 18.6 Å². The van der Waals surface area contributed by atoms with Crippen molar-refractivity contribution >= 4 is 10.2 Å². The quantitative estimate of drug-likeness (QED) is 0.796. The molecule has 6 nitrogen and oxygen atoms in total. The molecule has 2 aliphatic rings. The SMILES string of the molecule is COc1ccc([C@@H]2CN(S(=O)(=O)N3CCCCC3)C[C@H]2N(C)C)cc1. The van der Waals surface area contributed by atoms with E-state index >= 15 is 0 Å². The van der Waals surface area contributed by atoms with Gasteiger partial charge >= 0.3 is 0 Å². The summed E-state index contributed by atoms with van der Waals surface area (Å²) in [6.45, 7) is 2.38. The maximum absolute atomic E-state index is 13.0. The van der Waals surface area contributed by atoms with Crippen molar-refractivity contribution in [1.82, 2.24) is 13.5 Å². The molecule has 0 amide bonds. The molecule has 0 bridgehead atoms. The van der Waals surface area contributed by atoms with Crippen molar-refractivity contribution in [2.75, 3.05) is 47.4 Å². The average Bonchev–Trinajstić information content (AvgIpc) is 3.09. The maximum atomic E-state index is 13.0. The molecule has 7 heteroatoms. The van der Waals surface area contributed by atoms with Gasteiger partial charge in [0.1, 0.15) is 5.75 Å². The van der Waals surface area contributed by atoms with Gasteiger partial charge in [-0.25, -0.2) is 0 Å². The number of ether oxygens (including phenoxy) is 1. The first-order valence-corrected chi connectivity index (χ1v) is 10.4. The van der Waals surface area contributed by atoms with Crippen molar-refractivity contribution in [1.29, 1.82) is 0 Å². The predicted molar refractivity (Wildman–Crippen MR) is 99.1 cm³/mol. The van der Waals surface area contributed by atoms with Gasteiger partial charge in [0.2, 0.25) is 0 Å². The minimum atomic E-state index is -3.37. The van der Waals surface area contributed by atoms with Crippen LogP contribution in [-0.2, 0) is 10.2 Å². The van der Waals surface area contributed by atoms with E-state index in [-0.39, 0.29) is 12.0 Å². The van der Waals surface area contributed by atoms with Gasteiger partial charge in [-0.05, 0) is 44.6 Å². The highest BCUT2D eigenvalue weighted by Crippen LogP contribution is 2.33. The van der Waals surface area contributed by atoms with Crippen LogP contribution in [-0.4, -0.2) is 75.4 Å². The van der Waals surface area contributed by atoms with E-state index in [0.717, 1.165) is 30.6 Å². The minimum Gasteiger partial charge on any atom is -0.497 e. The van der Waals surface area contributed by atoms with Gasteiger partial charge < -0.3 is 9.64 Å². The molecule has 0 aromatic heterocycles. The predicted octanol–water partition coefficient (Wildman–Crippen LogP) is 1.76. The molecule has 2 fully saturated rings. The molecule has 2 heterocycles. The smallest absolute Gasteiger partial charge is 0.282 e. The lowest BCUT2D eigenvalue weighted by Crippen LogP contribution is -2.46. The zero-order valence-corrected chi connectivity index (χ0v) is 16.2. The molecule has 2 saturated heterocycles. The molecule has 0 N–H and O–H groups in total. The van der Waals surface area contributed by atoms with Crippen LogP contribution in [0, 0.1) is 0 Å². The Balaban J connectivity index is 1.82. The summed E-state index contributed by atoms with van der Waals surface area (Å²) in [5.41, 5.74) is 1.16. The molecule has 3 rings (SSSR count). The maximum Gasteiger partial charge on any atom is 0.282 e. The van der Waals surface area contributed by atoms with Crippen LogP contribution in [0.4, 0.5) is 0 Å². The summed E-state index contributed by atoms with van der Waals surface area (Å²) in [5.74, 6) is 0.987. The Hall–Kier alpha value is -1.15. The van der Waals surface area contributed by atoms with Crippen molar-refractivity contribution in [2.45, 2.75) is 31.2 Å². The lowest BCUT2D eigenvalue weighted by molar-refractivity contribution is 0.278. The average molecular weight is 368 g/mol.